The molecule has 2 fully saturated rings. The summed E-state index contributed by atoms with van der Waals surface area (Å²) in [6.45, 7) is 0.604. The number of carbonyl (C=O) groups excluding carboxylic acids is 2. The molecule has 0 saturated heterocycles. The lowest BCUT2D eigenvalue weighted by atomic mass is 9.77. The molecule has 3 amide bonds. The van der Waals surface area contributed by atoms with Gasteiger partial charge in [0.25, 0.3) is 0 Å². The van der Waals surface area contributed by atoms with E-state index in [0.717, 1.165) is 18.8 Å². The van der Waals surface area contributed by atoms with Crippen LogP contribution in [0.15, 0.2) is 42.5 Å². The second-order valence-electron chi connectivity index (χ2n) is 8.63. The van der Waals surface area contributed by atoms with Crippen molar-refractivity contribution in [2.24, 2.45) is 23.7 Å². The van der Waals surface area contributed by atoms with E-state index >= 15 is 0 Å². The van der Waals surface area contributed by atoms with E-state index in [2.05, 4.69) is 28.1 Å². The number of benzene rings is 1. The van der Waals surface area contributed by atoms with E-state index < -0.39 is 12.0 Å². The van der Waals surface area contributed by atoms with Gasteiger partial charge in [-0.3, -0.25) is 9.59 Å². The maximum atomic E-state index is 12.2. The molecular formula is C24H33N3O4. The molecule has 0 aliphatic heterocycles. The summed E-state index contributed by atoms with van der Waals surface area (Å²) in [6.07, 6.45) is 10.7. The van der Waals surface area contributed by atoms with Crippen LogP contribution in [-0.2, 0) is 9.59 Å². The Morgan fingerprint density at radius 3 is 2.48 bits per heavy atom. The molecule has 4 atom stereocenters. The van der Waals surface area contributed by atoms with Crippen molar-refractivity contribution in [1.82, 2.24) is 10.6 Å². The maximum absolute atomic E-state index is 12.2. The third kappa shape index (κ3) is 7.12. The number of allylic oxidation sites excluding steroid dienone is 2. The molecule has 0 heterocycles. The summed E-state index contributed by atoms with van der Waals surface area (Å²) in [5, 5.41) is 17.0. The molecule has 0 unspecified atom stereocenters. The van der Waals surface area contributed by atoms with Crippen molar-refractivity contribution in [2.75, 3.05) is 18.4 Å². The van der Waals surface area contributed by atoms with Gasteiger partial charge in [-0.15, -0.1) is 0 Å². The first kappa shape index (κ1) is 22.8. The topological polar surface area (TPSA) is 108 Å². The van der Waals surface area contributed by atoms with E-state index in [9.17, 15) is 14.4 Å². The molecule has 3 rings (SSSR count). The van der Waals surface area contributed by atoms with Crippen LogP contribution >= 0.6 is 0 Å². The zero-order valence-corrected chi connectivity index (χ0v) is 17.9. The number of anilines is 1. The number of rotatable bonds is 11. The van der Waals surface area contributed by atoms with E-state index in [4.69, 9.17) is 5.11 Å². The largest absolute Gasteiger partial charge is 0.481 e. The normalized spacial score (nSPS) is 24.3. The first-order valence-electron chi connectivity index (χ1n) is 11.3. The van der Waals surface area contributed by atoms with Crippen LogP contribution in [0.4, 0.5) is 10.5 Å². The van der Waals surface area contributed by atoms with Gasteiger partial charge in [0.05, 0.1) is 6.54 Å². The highest BCUT2D eigenvalue weighted by Crippen LogP contribution is 2.53. The molecule has 2 saturated carbocycles. The van der Waals surface area contributed by atoms with Gasteiger partial charge in [0, 0.05) is 18.7 Å². The van der Waals surface area contributed by atoms with Gasteiger partial charge in [0.15, 0.2) is 0 Å². The Hall–Kier alpha value is -2.83. The van der Waals surface area contributed by atoms with Gasteiger partial charge in [0.2, 0.25) is 5.91 Å². The van der Waals surface area contributed by atoms with Crippen LogP contribution in [-0.4, -0.2) is 36.1 Å². The summed E-state index contributed by atoms with van der Waals surface area (Å²) in [6, 6.07) is 8.71. The minimum Gasteiger partial charge on any atom is -0.481 e. The second-order valence-corrected chi connectivity index (χ2v) is 8.63. The molecule has 0 spiro atoms. The highest BCUT2D eigenvalue weighted by atomic mass is 16.4. The molecule has 1 aromatic rings. The van der Waals surface area contributed by atoms with Gasteiger partial charge in [-0.1, -0.05) is 30.4 Å². The predicted molar refractivity (Wildman–Crippen MR) is 120 cm³/mol. The van der Waals surface area contributed by atoms with E-state index in [1.54, 1.807) is 12.1 Å². The number of fused-ring (bicyclic) bond motifs is 2. The number of amides is 3. The van der Waals surface area contributed by atoms with E-state index in [0.29, 0.717) is 36.4 Å². The van der Waals surface area contributed by atoms with Crippen molar-refractivity contribution < 1.29 is 19.5 Å². The summed E-state index contributed by atoms with van der Waals surface area (Å²) in [5.74, 6) is 1.53. The van der Waals surface area contributed by atoms with Gasteiger partial charge >= 0.3 is 12.0 Å². The predicted octanol–water partition coefficient (Wildman–Crippen LogP) is 3.79. The molecule has 0 radical (unpaired) electrons. The van der Waals surface area contributed by atoms with Crippen LogP contribution < -0.4 is 16.0 Å². The number of carboxylic acids is 1. The van der Waals surface area contributed by atoms with E-state index in [1.807, 2.05) is 18.2 Å². The molecule has 2 aliphatic carbocycles. The Morgan fingerprint density at radius 1 is 1.00 bits per heavy atom. The fraction of sp³-hybridized carbons (Fsp3) is 0.542. The van der Waals surface area contributed by atoms with Crippen molar-refractivity contribution in [3.63, 3.8) is 0 Å². The standard InChI is InChI=1S/C24H33N3O4/c28-22(16-26-24(31)27-19-8-4-3-5-9-19)25-15-21-18-13-12-17(14-18)20(21)10-6-1-2-7-11-23(29)30/h1,3-6,8-9,17-18,20-21H,2,7,10-16H2,(H,25,28)(H,29,30)(H2,26,27,31)/t17-,18+,20-,21+/m0/s1. The van der Waals surface area contributed by atoms with Crippen molar-refractivity contribution in [3.05, 3.63) is 42.5 Å². The number of para-hydroxylation sites is 1. The number of carbonyl (C=O) groups is 3. The highest BCUT2D eigenvalue weighted by Gasteiger charge is 2.46. The summed E-state index contributed by atoms with van der Waals surface area (Å²) in [7, 11) is 0. The molecule has 0 aromatic heterocycles. The molecule has 2 bridgehead atoms. The number of nitrogens with one attached hydrogen (secondary N) is 3. The maximum Gasteiger partial charge on any atom is 0.319 e. The van der Waals surface area contributed by atoms with Crippen molar-refractivity contribution in [3.8, 4) is 0 Å². The fourth-order valence-corrected chi connectivity index (χ4v) is 5.11. The van der Waals surface area contributed by atoms with E-state index in [-0.39, 0.29) is 18.9 Å². The summed E-state index contributed by atoms with van der Waals surface area (Å²) >= 11 is 0. The van der Waals surface area contributed by atoms with Crippen LogP contribution in [0, 0.1) is 23.7 Å². The third-order valence-electron chi connectivity index (χ3n) is 6.59. The molecular weight excluding hydrogens is 394 g/mol. The minimum absolute atomic E-state index is 0.0480. The Labute approximate surface area is 183 Å². The molecule has 2 aliphatic rings. The van der Waals surface area contributed by atoms with Gasteiger partial charge in [-0.2, -0.15) is 0 Å². The molecule has 7 heteroatoms. The summed E-state index contributed by atoms with van der Waals surface area (Å²) < 4.78 is 0. The van der Waals surface area contributed by atoms with E-state index in [1.165, 1.54) is 19.3 Å². The quantitative estimate of drug-likeness (QED) is 0.318. The van der Waals surface area contributed by atoms with Crippen molar-refractivity contribution in [2.45, 2.75) is 44.9 Å². The molecule has 168 valence electrons. The zero-order chi connectivity index (χ0) is 22.1. The first-order valence-corrected chi connectivity index (χ1v) is 11.3. The average molecular weight is 428 g/mol. The molecule has 31 heavy (non-hydrogen) atoms. The first-order chi connectivity index (χ1) is 15.0. The fourth-order valence-electron chi connectivity index (χ4n) is 5.11. The second kappa shape index (κ2) is 11.5. The van der Waals surface area contributed by atoms with Crippen LogP contribution in [0.5, 0.6) is 0 Å². The van der Waals surface area contributed by atoms with Crippen molar-refractivity contribution >= 4 is 23.6 Å². The van der Waals surface area contributed by atoms with Crippen LogP contribution in [0.3, 0.4) is 0 Å². The Morgan fingerprint density at radius 2 is 1.74 bits per heavy atom. The van der Waals surface area contributed by atoms with Gasteiger partial charge in [-0.05, 0) is 74.3 Å². The third-order valence-corrected chi connectivity index (χ3v) is 6.59. The lowest BCUT2D eigenvalue weighted by Gasteiger charge is -2.30. The summed E-state index contributed by atoms with van der Waals surface area (Å²) in [5.41, 5.74) is 0.682. The lowest BCUT2D eigenvalue weighted by Crippen LogP contribution is -2.42. The number of aliphatic carboxylic acids is 1. The van der Waals surface area contributed by atoms with Crippen LogP contribution in [0.2, 0.25) is 0 Å². The lowest BCUT2D eigenvalue weighted by molar-refractivity contribution is -0.137. The number of urea groups is 1. The monoisotopic (exact) mass is 427 g/mol. The zero-order valence-electron chi connectivity index (χ0n) is 17.9. The van der Waals surface area contributed by atoms with Gasteiger partial charge in [-0.25, -0.2) is 4.79 Å². The van der Waals surface area contributed by atoms with Crippen molar-refractivity contribution in [1.29, 1.82) is 0 Å². The Bertz CT molecular complexity index is 780. The SMILES string of the molecule is O=C(O)CCCC=CC[C@H]1[C@H]2CC[C@H](C2)[C@H]1CNC(=O)CNC(=O)Nc1ccccc1. The van der Waals surface area contributed by atoms with Crippen LogP contribution in [0.1, 0.15) is 44.9 Å². The number of carboxylic acid groups (broad SMARTS) is 1. The van der Waals surface area contributed by atoms with Gasteiger partial charge in [0.1, 0.15) is 0 Å². The average Bonchev–Trinajstić information content (AvgIpc) is 3.35. The molecule has 1 aromatic carbocycles. The Kier molecular flexibility index (Phi) is 8.50. The number of hydrogen-bond acceptors (Lipinski definition) is 3. The molecule has 7 nitrogen and oxygen atoms in total. The number of unbranched alkanes of at least 4 members (excludes halogenated alkanes) is 1. The highest BCUT2D eigenvalue weighted by molar-refractivity contribution is 5.92. The Balaban J connectivity index is 1.37. The summed E-state index contributed by atoms with van der Waals surface area (Å²) in [4.78, 5) is 34.7. The smallest absolute Gasteiger partial charge is 0.319 e. The number of hydrogen-bond donors (Lipinski definition) is 4. The molecule has 4 N–H and O–H groups in total. The van der Waals surface area contributed by atoms with Crippen LogP contribution in [0.25, 0.3) is 0 Å². The minimum atomic E-state index is -0.746. The van der Waals surface area contributed by atoms with Gasteiger partial charge < -0.3 is 21.1 Å².